The highest BCUT2D eigenvalue weighted by Crippen LogP contribution is 2.25. The summed E-state index contributed by atoms with van der Waals surface area (Å²) in [6, 6.07) is 4.14. The predicted molar refractivity (Wildman–Crippen MR) is 93.1 cm³/mol. The van der Waals surface area contributed by atoms with E-state index in [0.717, 1.165) is 42.8 Å². The molecule has 1 saturated heterocycles. The lowest BCUT2D eigenvalue weighted by Crippen LogP contribution is -2.51. The van der Waals surface area contributed by atoms with Crippen molar-refractivity contribution >= 4 is 16.5 Å². The molecule has 1 aliphatic heterocycles. The van der Waals surface area contributed by atoms with Crippen LogP contribution in [0.15, 0.2) is 38.8 Å². The number of anilines is 1. The van der Waals surface area contributed by atoms with E-state index in [0.29, 0.717) is 17.7 Å². The number of rotatable bonds is 4. The molecule has 24 heavy (non-hydrogen) atoms. The number of aryl methyl sites for hydroxylation is 1. The van der Waals surface area contributed by atoms with Crippen molar-refractivity contribution in [3.8, 4) is 11.7 Å². The van der Waals surface area contributed by atoms with Crippen molar-refractivity contribution in [2.24, 2.45) is 0 Å². The fourth-order valence-electron chi connectivity index (χ4n) is 3.11. The molecule has 0 amide bonds. The highest BCUT2D eigenvalue weighted by atomic mass is 32.1. The van der Waals surface area contributed by atoms with Crippen LogP contribution in [0.5, 0.6) is 0 Å². The molecule has 6 nitrogen and oxygen atoms in total. The van der Waals surface area contributed by atoms with Gasteiger partial charge in [0.05, 0.1) is 12.0 Å². The summed E-state index contributed by atoms with van der Waals surface area (Å²) in [4.78, 5) is 13.9. The maximum Gasteiger partial charge on any atom is 0.263 e. The van der Waals surface area contributed by atoms with Crippen LogP contribution in [0.25, 0.3) is 11.7 Å². The summed E-state index contributed by atoms with van der Waals surface area (Å²) in [7, 11) is 0. The summed E-state index contributed by atoms with van der Waals surface area (Å²) in [5.74, 6) is 2.09. The Morgan fingerprint density at radius 3 is 3.00 bits per heavy atom. The predicted octanol–water partition coefficient (Wildman–Crippen LogP) is 3.41. The van der Waals surface area contributed by atoms with Crippen molar-refractivity contribution in [1.82, 2.24) is 14.9 Å². The van der Waals surface area contributed by atoms with Gasteiger partial charge in [-0.05, 0) is 26.0 Å². The first kappa shape index (κ1) is 15.4. The lowest BCUT2D eigenvalue weighted by atomic mass is 10.2. The Morgan fingerprint density at radius 1 is 1.38 bits per heavy atom. The Labute approximate surface area is 144 Å². The van der Waals surface area contributed by atoms with Gasteiger partial charge in [0.1, 0.15) is 5.76 Å². The second-order valence-corrected chi connectivity index (χ2v) is 6.96. The van der Waals surface area contributed by atoms with E-state index in [9.17, 15) is 0 Å². The standard InChI is InChI=1S/C17H20N4O2S/c1-12-10-20(6-7-21(12)17-18-5-9-24-17)11-14-13(2)23-16(19-14)15-4-3-8-22-15/h3-5,8-9,12H,6-7,10-11H2,1-2H3/t12-/m0/s1. The molecule has 1 aliphatic rings. The maximum atomic E-state index is 5.76. The fourth-order valence-corrected chi connectivity index (χ4v) is 3.88. The Balaban J connectivity index is 1.43. The smallest absolute Gasteiger partial charge is 0.263 e. The summed E-state index contributed by atoms with van der Waals surface area (Å²) in [6.45, 7) is 7.97. The van der Waals surface area contributed by atoms with Crippen LogP contribution in [0.4, 0.5) is 5.13 Å². The number of nitrogens with zero attached hydrogens (tertiary/aromatic N) is 4. The van der Waals surface area contributed by atoms with Gasteiger partial charge in [-0.15, -0.1) is 11.3 Å². The van der Waals surface area contributed by atoms with Crippen molar-refractivity contribution in [3.63, 3.8) is 0 Å². The van der Waals surface area contributed by atoms with Crippen LogP contribution in [-0.2, 0) is 6.54 Å². The Bertz CT molecular complexity index is 782. The minimum absolute atomic E-state index is 0.432. The molecule has 4 rings (SSSR count). The molecule has 0 spiro atoms. The number of piperazine rings is 1. The van der Waals surface area contributed by atoms with Crippen LogP contribution in [0.2, 0.25) is 0 Å². The zero-order valence-corrected chi connectivity index (χ0v) is 14.6. The molecule has 3 aromatic rings. The van der Waals surface area contributed by atoms with E-state index >= 15 is 0 Å². The number of aromatic nitrogens is 2. The van der Waals surface area contributed by atoms with E-state index in [1.165, 1.54) is 0 Å². The quantitative estimate of drug-likeness (QED) is 0.723. The van der Waals surface area contributed by atoms with Gasteiger partial charge in [-0.2, -0.15) is 0 Å². The number of thiazole rings is 1. The van der Waals surface area contributed by atoms with Gasteiger partial charge in [-0.25, -0.2) is 9.97 Å². The average molecular weight is 344 g/mol. The van der Waals surface area contributed by atoms with Gasteiger partial charge in [-0.1, -0.05) is 0 Å². The minimum atomic E-state index is 0.432. The number of hydrogen-bond donors (Lipinski definition) is 0. The molecule has 7 heteroatoms. The van der Waals surface area contributed by atoms with Gasteiger partial charge in [-0.3, -0.25) is 4.90 Å². The lowest BCUT2D eigenvalue weighted by Gasteiger charge is -2.39. The molecule has 0 unspecified atom stereocenters. The zero-order valence-electron chi connectivity index (χ0n) is 13.8. The van der Waals surface area contributed by atoms with Gasteiger partial charge >= 0.3 is 0 Å². The lowest BCUT2D eigenvalue weighted by molar-refractivity contribution is 0.218. The van der Waals surface area contributed by atoms with Crippen LogP contribution in [0.1, 0.15) is 18.4 Å². The largest absolute Gasteiger partial charge is 0.459 e. The Kier molecular flexibility index (Phi) is 4.12. The third-order valence-electron chi connectivity index (χ3n) is 4.37. The molecule has 0 N–H and O–H groups in total. The second kappa shape index (κ2) is 6.41. The third-order valence-corrected chi connectivity index (χ3v) is 5.18. The van der Waals surface area contributed by atoms with Gasteiger partial charge in [0, 0.05) is 43.8 Å². The van der Waals surface area contributed by atoms with Gasteiger partial charge < -0.3 is 13.7 Å². The van der Waals surface area contributed by atoms with E-state index in [2.05, 4.69) is 26.7 Å². The van der Waals surface area contributed by atoms with Crippen molar-refractivity contribution < 1.29 is 8.83 Å². The van der Waals surface area contributed by atoms with Crippen molar-refractivity contribution in [1.29, 1.82) is 0 Å². The van der Waals surface area contributed by atoms with Crippen LogP contribution >= 0.6 is 11.3 Å². The van der Waals surface area contributed by atoms with Crippen molar-refractivity contribution in [2.45, 2.75) is 26.4 Å². The SMILES string of the molecule is Cc1oc(-c2ccco2)nc1CN1CCN(c2nccs2)[C@@H](C)C1. The molecule has 0 aliphatic carbocycles. The molecule has 0 bridgehead atoms. The number of hydrogen-bond acceptors (Lipinski definition) is 7. The van der Waals surface area contributed by atoms with Crippen molar-refractivity contribution in [2.75, 3.05) is 24.5 Å². The van der Waals surface area contributed by atoms with Crippen LogP contribution in [0, 0.1) is 6.92 Å². The molecular weight excluding hydrogens is 324 g/mol. The highest BCUT2D eigenvalue weighted by Gasteiger charge is 2.26. The summed E-state index contributed by atoms with van der Waals surface area (Å²) < 4.78 is 11.1. The van der Waals surface area contributed by atoms with E-state index in [1.54, 1.807) is 17.6 Å². The Hall–Kier alpha value is -2.12. The third kappa shape index (κ3) is 2.97. The first-order valence-corrected chi connectivity index (χ1v) is 8.97. The summed E-state index contributed by atoms with van der Waals surface area (Å²) in [5, 5.41) is 3.14. The minimum Gasteiger partial charge on any atom is -0.459 e. The molecule has 1 fully saturated rings. The first-order chi connectivity index (χ1) is 11.7. The Morgan fingerprint density at radius 2 is 2.29 bits per heavy atom. The fraction of sp³-hybridized carbons (Fsp3) is 0.412. The van der Waals surface area contributed by atoms with E-state index in [1.807, 2.05) is 30.6 Å². The van der Waals surface area contributed by atoms with E-state index in [4.69, 9.17) is 8.83 Å². The van der Waals surface area contributed by atoms with Gasteiger partial charge in [0.15, 0.2) is 10.9 Å². The number of furan rings is 1. The average Bonchev–Trinajstić information content (AvgIpc) is 3.30. The maximum absolute atomic E-state index is 5.76. The van der Waals surface area contributed by atoms with Crippen LogP contribution in [-0.4, -0.2) is 40.5 Å². The van der Waals surface area contributed by atoms with E-state index in [-0.39, 0.29) is 0 Å². The summed E-state index contributed by atoms with van der Waals surface area (Å²) in [5.41, 5.74) is 0.983. The second-order valence-electron chi connectivity index (χ2n) is 6.09. The van der Waals surface area contributed by atoms with Gasteiger partial charge in [0.25, 0.3) is 5.89 Å². The normalized spacial score (nSPS) is 19.1. The molecule has 126 valence electrons. The van der Waals surface area contributed by atoms with Crippen molar-refractivity contribution in [3.05, 3.63) is 41.4 Å². The molecule has 0 saturated carbocycles. The molecule has 0 radical (unpaired) electrons. The number of oxazole rings is 1. The molecular formula is C17H20N4O2S. The first-order valence-electron chi connectivity index (χ1n) is 8.09. The van der Waals surface area contributed by atoms with Crippen LogP contribution < -0.4 is 4.90 Å². The monoisotopic (exact) mass is 344 g/mol. The topological polar surface area (TPSA) is 58.5 Å². The zero-order chi connectivity index (χ0) is 16.5. The summed E-state index contributed by atoms with van der Waals surface area (Å²) >= 11 is 1.70. The highest BCUT2D eigenvalue weighted by molar-refractivity contribution is 7.13. The van der Waals surface area contributed by atoms with Gasteiger partial charge in [0.2, 0.25) is 0 Å². The van der Waals surface area contributed by atoms with E-state index < -0.39 is 0 Å². The van der Waals surface area contributed by atoms with Crippen LogP contribution in [0.3, 0.4) is 0 Å². The summed E-state index contributed by atoms with van der Waals surface area (Å²) in [6.07, 6.45) is 3.50. The molecule has 4 heterocycles. The molecule has 0 aromatic carbocycles. The molecule has 3 aromatic heterocycles. The molecule has 1 atom stereocenters.